The third-order valence-corrected chi connectivity index (χ3v) is 7.67. The third kappa shape index (κ3) is 4.02. The molecule has 5 aromatic rings. The second-order valence-electron chi connectivity index (χ2n) is 7.61. The molecule has 10 heteroatoms. The number of benzene rings is 2. The van der Waals surface area contributed by atoms with Crippen LogP contribution in [0.5, 0.6) is 0 Å². The number of carbonyl (C=O) groups excluding carboxylic acids is 2. The van der Waals surface area contributed by atoms with E-state index in [0.717, 1.165) is 32.6 Å². The number of thioether (sulfide) groups is 1. The van der Waals surface area contributed by atoms with Gasteiger partial charge in [0.15, 0.2) is 26.2 Å². The highest BCUT2D eigenvalue weighted by Crippen LogP contribution is 2.34. The summed E-state index contributed by atoms with van der Waals surface area (Å²) in [5.74, 6) is -0.640. The first-order chi connectivity index (χ1) is 16.5. The van der Waals surface area contributed by atoms with Crippen LogP contribution in [-0.2, 0) is 14.3 Å². The summed E-state index contributed by atoms with van der Waals surface area (Å²) in [6.07, 6.45) is -0.255. The van der Waals surface area contributed by atoms with Crippen LogP contribution < -0.4 is 0 Å². The van der Waals surface area contributed by atoms with Crippen molar-refractivity contribution in [3.63, 3.8) is 0 Å². The van der Waals surface area contributed by atoms with E-state index in [1.165, 1.54) is 23.1 Å². The number of nitrogens with zero attached hydrogens (tertiary/aromatic N) is 4. The molecule has 0 bridgehead atoms. The number of hydrogen-bond acceptors (Lipinski definition) is 8. The Morgan fingerprint density at radius 2 is 1.85 bits per heavy atom. The molecule has 0 amide bonds. The lowest BCUT2D eigenvalue weighted by Crippen LogP contribution is -2.13. The zero-order valence-electron chi connectivity index (χ0n) is 18.5. The molecule has 2 aromatic carbocycles. The molecule has 5 rings (SSSR count). The molecule has 0 atom stereocenters. The van der Waals surface area contributed by atoms with E-state index < -0.39 is 5.97 Å². The molecule has 0 aliphatic rings. The maximum atomic E-state index is 12.4. The van der Waals surface area contributed by atoms with Crippen molar-refractivity contribution in [2.45, 2.75) is 25.4 Å². The zero-order valence-corrected chi connectivity index (χ0v) is 20.9. The van der Waals surface area contributed by atoms with Crippen molar-refractivity contribution in [3.05, 3.63) is 58.0 Å². The number of thiazole rings is 1. The van der Waals surface area contributed by atoms with Crippen molar-refractivity contribution in [3.8, 4) is 5.69 Å². The fourth-order valence-corrected chi connectivity index (χ4v) is 6.02. The molecule has 0 unspecified atom stereocenters. The summed E-state index contributed by atoms with van der Waals surface area (Å²) in [7, 11) is 0. The number of carbonyl (C=O) groups is 2. The predicted molar refractivity (Wildman–Crippen MR) is 138 cm³/mol. The van der Waals surface area contributed by atoms with E-state index in [-0.39, 0.29) is 24.6 Å². The van der Waals surface area contributed by atoms with Crippen LogP contribution in [0.2, 0.25) is 0 Å². The van der Waals surface area contributed by atoms with E-state index in [2.05, 4.69) is 0 Å². The fourth-order valence-electron chi connectivity index (χ4n) is 3.82. The smallest absolute Gasteiger partial charge is 0.313 e. The molecular formula is C24H20N4O3S3. The summed E-state index contributed by atoms with van der Waals surface area (Å²) in [6, 6.07) is 15.8. The Bertz CT molecular complexity index is 1630. The van der Waals surface area contributed by atoms with Gasteiger partial charge in [0, 0.05) is 0 Å². The Hall–Kier alpha value is -3.08. The Kier molecular flexibility index (Phi) is 6.20. The van der Waals surface area contributed by atoms with Crippen LogP contribution in [0.4, 0.5) is 0 Å². The molecule has 0 aliphatic carbocycles. The van der Waals surface area contributed by atoms with Gasteiger partial charge >= 0.3 is 5.97 Å². The summed E-state index contributed by atoms with van der Waals surface area (Å²) >= 11 is 8.50. The molecule has 0 spiro atoms. The van der Waals surface area contributed by atoms with Gasteiger partial charge in [-0.2, -0.15) is 0 Å². The normalized spacial score (nSPS) is 11.5. The largest absolute Gasteiger partial charge is 0.466 e. The Labute approximate surface area is 208 Å². The maximum absolute atomic E-state index is 12.4. The second-order valence-corrected chi connectivity index (χ2v) is 10.2. The van der Waals surface area contributed by atoms with Crippen LogP contribution in [0.25, 0.3) is 32.7 Å². The van der Waals surface area contributed by atoms with Gasteiger partial charge in [-0.3, -0.25) is 18.6 Å². The zero-order chi connectivity index (χ0) is 23.8. The number of aromatic nitrogens is 4. The number of fused-ring (bicyclic) bond motifs is 5. The molecule has 0 fully saturated rings. The molecule has 3 heterocycles. The lowest BCUT2D eigenvalue weighted by molar-refractivity contribution is -0.145. The van der Waals surface area contributed by atoms with Gasteiger partial charge in [0.05, 0.1) is 29.1 Å². The summed E-state index contributed by atoms with van der Waals surface area (Å²) < 4.78 is 10.4. The summed E-state index contributed by atoms with van der Waals surface area (Å²) in [5.41, 5.74) is 5.21. The number of ketones is 1. The highest BCUT2D eigenvalue weighted by Gasteiger charge is 2.21. The van der Waals surface area contributed by atoms with Gasteiger partial charge < -0.3 is 4.74 Å². The van der Waals surface area contributed by atoms with Crippen molar-refractivity contribution in [2.75, 3.05) is 12.4 Å². The fraction of sp³-hybridized carbons (Fsp3) is 0.208. The summed E-state index contributed by atoms with van der Waals surface area (Å²) in [6.45, 7) is 4.00. The molecular weight excluding hydrogens is 488 g/mol. The highest BCUT2D eigenvalue weighted by atomic mass is 32.2. The first-order valence-electron chi connectivity index (χ1n) is 10.7. The predicted octanol–water partition coefficient (Wildman–Crippen LogP) is 5.54. The number of ether oxygens (including phenoxy) is 1. The SMILES string of the molecule is CCOC(=O)CC(=O)CSc1nc2c(sc(=S)n2-c2ccccc2C)c2nc3ccccc3n12. The van der Waals surface area contributed by atoms with Crippen LogP contribution in [0.3, 0.4) is 0 Å². The van der Waals surface area contributed by atoms with Crippen LogP contribution in [0, 0.1) is 10.9 Å². The highest BCUT2D eigenvalue weighted by molar-refractivity contribution is 7.99. The summed E-state index contributed by atoms with van der Waals surface area (Å²) in [4.78, 5) is 34.0. The second kappa shape index (κ2) is 9.28. The molecule has 0 radical (unpaired) electrons. The van der Waals surface area contributed by atoms with E-state index in [9.17, 15) is 9.59 Å². The van der Waals surface area contributed by atoms with Crippen LogP contribution in [0.1, 0.15) is 18.9 Å². The number of hydrogen-bond donors (Lipinski definition) is 0. The van der Waals surface area contributed by atoms with E-state index in [0.29, 0.717) is 14.8 Å². The lowest BCUT2D eigenvalue weighted by atomic mass is 10.2. The minimum Gasteiger partial charge on any atom is -0.466 e. The van der Waals surface area contributed by atoms with Crippen LogP contribution >= 0.6 is 35.3 Å². The number of para-hydroxylation sites is 3. The van der Waals surface area contributed by atoms with Gasteiger partial charge in [0.1, 0.15) is 11.1 Å². The number of aryl methyl sites for hydroxylation is 1. The molecule has 3 aromatic heterocycles. The van der Waals surface area contributed by atoms with Gasteiger partial charge in [-0.15, -0.1) is 0 Å². The number of imidazole rings is 1. The van der Waals surface area contributed by atoms with Crippen LogP contribution in [0.15, 0.2) is 53.7 Å². The maximum Gasteiger partial charge on any atom is 0.313 e. The van der Waals surface area contributed by atoms with Gasteiger partial charge in [-0.1, -0.05) is 53.4 Å². The molecule has 172 valence electrons. The topological polar surface area (TPSA) is 78.5 Å². The van der Waals surface area contributed by atoms with Crippen molar-refractivity contribution < 1.29 is 14.3 Å². The number of rotatable bonds is 7. The van der Waals surface area contributed by atoms with Crippen LogP contribution in [-0.4, -0.2) is 43.0 Å². The van der Waals surface area contributed by atoms with E-state index >= 15 is 0 Å². The molecule has 0 saturated heterocycles. The average Bonchev–Trinajstić information content (AvgIpc) is 3.36. The average molecular weight is 509 g/mol. The first kappa shape index (κ1) is 22.7. The Morgan fingerprint density at radius 3 is 2.65 bits per heavy atom. The minimum absolute atomic E-state index is 0.0914. The summed E-state index contributed by atoms with van der Waals surface area (Å²) in [5, 5.41) is 0.614. The van der Waals surface area contributed by atoms with Gasteiger partial charge in [0.2, 0.25) is 0 Å². The third-order valence-electron chi connectivity index (χ3n) is 5.31. The van der Waals surface area contributed by atoms with E-state index in [1.54, 1.807) is 6.92 Å². The standard InChI is InChI=1S/C24H20N4O3S3/c1-3-31-19(30)12-15(29)13-33-23-26-22-20(21-25-16-9-5-7-11-18(16)27(21)23)34-24(32)28(22)17-10-6-4-8-14(17)2/h4-11H,3,12-13H2,1-2H3. The molecule has 0 N–H and O–H groups in total. The van der Waals surface area contributed by atoms with Crippen molar-refractivity contribution in [2.24, 2.45) is 0 Å². The van der Waals surface area contributed by atoms with E-state index in [4.69, 9.17) is 26.9 Å². The Balaban J connectivity index is 1.69. The number of Topliss-reactive ketones (excluding diaryl/α,β-unsaturated/α-hetero) is 1. The van der Waals surface area contributed by atoms with E-state index in [1.807, 2.05) is 64.4 Å². The Morgan fingerprint density at radius 1 is 1.09 bits per heavy atom. The molecule has 34 heavy (non-hydrogen) atoms. The van der Waals surface area contributed by atoms with Crippen molar-refractivity contribution in [1.29, 1.82) is 0 Å². The van der Waals surface area contributed by atoms with Gasteiger partial charge in [0.25, 0.3) is 0 Å². The number of esters is 1. The first-order valence-corrected chi connectivity index (χ1v) is 12.9. The van der Waals surface area contributed by atoms with Crippen molar-refractivity contribution in [1.82, 2.24) is 18.9 Å². The minimum atomic E-state index is -0.513. The monoisotopic (exact) mass is 508 g/mol. The van der Waals surface area contributed by atoms with Gasteiger partial charge in [-0.05, 0) is 49.8 Å². The lowest BCUT2D eigenvalue weighted by Gasteiger charge is -2.10. The molecule has 0 saturated carbocycles. The molecule has 0 aliphatic heterocycles. The van der Waals surface area contributed by atoms with Crippen molar-refractivity contribution >= 4 is 74.1 Å². The quantitative estimate of drug-likeness (QED) is 0.0939. The molecule has 7 nitrogen and oxygen atoms in total. The van der Waals surface area contributed by atoms with Gasteiger partial charge in [-0.25, -0.2) is 9.97 Å².